The van der Waals surface area contributed by atoms with Gasteiger partial charge in [0.2, 0.25) is 5.91 Å². The van der Waals surface area contributed by atoms with E-state index in [0.29, 0.717) is 18.5 Å². The molecule has 0 N–H and O–H groups in total. The van der Waals surface area contributed by atoms with Gasteiger partial charge in [0.15, 0.2) is 5.78 Å². The number of carbonyl (C=O) groups is 2. The van der Waals surface area contributed by atoms with E-state index >= 15 is 0 Å². The van der Waals surface area contributed by atoms with Crippen molar-refractivity contribution < 1.29 is 14.0 Å². The van der Waals surface area contributed by atoms with E-state index in [0.717, 1.165) is 5.56 Å². The third-order valence-electron chi connectivity index (χ3n) is 3.21. The molecular formula is C14H16FNO2. The topological polar surface area (TPSA) is 37.4 Å². The highest BCUT2D eigenvalue weighted by Crippen LogP contribution is 2.28. The largest absolute Gasteiger partial charge is 0.305 e. The summed E-state index contributed by atoms with van der Waals surface area (Å²) in [5.41, 5.74) is 1.47. The van der Waals surface area contributed by atoms with Gasteiger partial charge < -0.3 is 4.90 Å². The Hall–Kier alpha value is -1.71. The molecular weight excluding hydrogens is 233 g/mol. The number of hydrogen-bond donors (Lipinski definition) is 0. The van der Waals surface area contributed by atoms with Crippen molar-refractivity contribution in [3.63, 3.8) is 0 Å². The predicted octanol–water partition coefficient (Wildman–Crippen LogP) is 2.33. The van der Waals surface area contributed by atoms with Gasteiger partial charge in [-0.3, -0.25) is 9.59 Å². The van der Waals surface area contributed by atoms with Crippen LogP contribution in [-0.4, -0.2) is 18.2 Å². The van der Waals surface area contributed by atoms with Gasteiger partial charge in [-0.05, 0) is 24.1 Å². The Kier molecular flexibility index (Phi) is 3.45. The van der Waals surface area contributed by atoms with Crippen molar-refractivity contribution in [1.29, 1.82) is 0 Å². The zero-order chi connectivity index (χ0) is 13.3. The summed E-state index contributed by atoms with van der Waals surface area (Å²) in [4.78, 5) is 25.0. The van der Waals surface area contributed by atoms with Gasteiger partial charge in [0, 0.05) is 12.3 Å². The van der Waals surface area contributed by atoms with Crippen LogP contribution in [0, 0.1) is 11.7 Å². The number of ketones is 1. The first-order valence-electron chi connectivity index (χ1n) is 6.10. The van der Waals surface area contributed by atoms with Crippen molar-refractivity contribution in [2.45, 2.75) is 26.7 Å². The molecule has 1 aromatic carbocycles. The summed E-state index contributed by atoms with van der Waals surface area (Å²) in [5, 5.41) is 0. The lowest BCUT2D eigenvalue weighted by Crippen LogP contribution is -2.40. The van der Waals surface area contributed by atoms with E-state index in [1.165, 1.54) is 17.0 Å². The molecule has 1 aromatic rings. The number of hydrogen-bond acceptors (Lipinski definition) is 2. The SMILES string of the molecule is CC(C)C(=O)CN1C(=O)CCc2ccc(F)cc21. The third-order valence-corrected chi connectivity index (χ3v) is 3.21. The fraction of sp³-hybridized carbons (Fsp3) is 0.429. The van der Waals surface area contributed by atoms with E-state index in [9.17, 15) is 14.0 Å². The van der Waals surface area contributed by atoms with E-state index < -0.39 is 0 Å². The van der Waals surface area contributed by atoms with E-state index in [-0.39, 0.29) is 30.0 Å². The maximum atomic E-state index is 13.3. The van der Waals surface area contributed by atoms with Gasteiger partial charge in [-0.2, -0.15) is 0 Å². The Balaban J connectivity index is 2.33. The van der Waals surface area contributed by atoms with Gasteiger partial charge in [0.25, 0.3) is 0 Å². The molecule has 0 radical (unpaired) electrons. The molecule has 0 bridgehead atoms. The standard InChI is InChI=1S/C14H16FNO2/c1-9(2)13(17)8-16-12-7-11(15)5-3-10(12)4-6-14(16)18/h3,5,7,9H,4,6,8H2,1-2H3. The molecule has 1 amide bonds. The summed E-state index contributed by atoms with van der Waals surface area (Å²) in [5.74, 6) is -0.634. The summed E-state index contributed by atoms with van der Waals surface area (Å²) < 4.78 is 13.3. The summed E-state index contributed by atoms with van der Waals surface area (Å²) in [6.45, 7) is 3.62. The third kappa shape index (κ3) is 2.42. The second-order valence-electron chi connectivity index (χ2n) is 4.87. The first-order valence-corrected chi connectivity index (χ1v) is 6.10. The number of fused-ring (bicyclic) bond motifs is 1. The van der Waals surface area contributed by atoms with Crippen molar-refractivity contribution in [3.8, 4) is 0 Å². The molecule has 0 saturated carbocycles. The van der Waals surface area contributed by atoms with Crippen LogP contribution in [0.5, 0.6) is 0 Å². The van der Waals surface area contributed by atoms with Gasteiger partial charge in [-0.15, -0.1) is 0 Å². The zero-order valence-electron chi connectivity index (χ0n) is 10.6. The fourth-order valence-corrected chi connectivity index (χ4v) is 2.02. The minimum atomic E-state index is -0.384. The van der Waals surface area contributed by atoms with Gasteiger partial charge in [-0.25, -0.2) is 4.39 Å². The normalized spacial score (nSPS) is 14.9. The number of nitrogens with zero attached hydrogens (tertiary/aromatic N) is 1. The van der Waals surface area contributed by atoms with E-state index in [2.05, 4.69) is 0 Å². The summed E-state index contributed by atoms with van der Waals surface area (Å²) >= 11 is 0. The predicted molar refractivity (Wildman–Crippen MR) is 66.9 cm³/mol. The molecule has 4 heteroatoms. The molecule has 0 unspecified atom stereocenters. The van der Waals surface area contributed by atoms with E-state index in [1.807, 2.05) is 0 Å². The Bertz CT molecular complexity index is 497. The number of aryl methyl sites for hydroxylation is 1. The minimum Gasteiger partial charge on any atom is -0.305 e. The van der Waals surface area contributed by atoms with Crippen LogP contribution in [0.4, 0.5) is 10.1 Å². The number of anilines is 1. The van der Waals surface area contributed by atoms with Crippen molar-refractivity contribution in [1.82, 2.24) is 0 Å². The van der Waals surface area contributed by atoms with Crippen LogP contribution in [-0.2, 0) is 16.0 Å². The molecule has 1 aliphatic rings. The lowest BCUT2D eigenvalue weighted by molar-refractivity contribution is -0.124. The molecule has 0 aliphatic carbocycles. The molecule has 0 spiro atoms. The van der Waals surface area contributed by atoms with Crippen LogP contribution in [0.1, 0.15) is 25.8 Å². The van der Waals surface area contributed by atoms with Gasteiger partial charge in [0.1, 0.15) is 5.82 Å². The second-order valence-corrected chi connectivity index (χ2v) is 4.87. The first-order chi connectivity index (χ1) is 8.49. The summed E-state index contributed by atoms with van der Waals surface area (Å²) in [7, 11) is 0. The maximum absolute atomic E-state index is 13.3. The molecule has 18 heavy (non-hydrogen) atoms. The van der Waals surface area contributed by atoms with Gasteiger partial charge in [0.05, 0.1) is 12.2 Å². The lowest BCUT2D eigenvalue weighted by Gasteiger charge is -2.29. The summed E-state index contributed by atoms with van der Waals surface area (Å²) in [6, 6.07) is 4.40. The number of halogens is 1. The number of rotatable bonds is 3. The molecule has 1 heterocycles. The fourth-order valence-electron chi connectivity index (χ4n) is 2.02. The quantitative estimate of drug-likeness (QED) is 0.824. The van der Waals surface area contributed by atoms with Crippen LogP contribution in [0.2, 0.25) is 0 Å². The van der Waals surface area contributed by atoms with Gasteiger partial charge in [-0.1, -0.05) is 19.9 Å². The average molecular weight is 249 g/mol. The Morgan fingerprint density at radius 1 is 1.39 bits per heavy atom. The first kappa shape index (κ1) is 12.7. The molecule has 96 valence electrons. The number of Topliss-reactive ketones (excluding diaryl/α,β-unsaturated/α-hetero) is 1. The van der Waals surface area contributed by atoms with Crippen molar-refractivity contribution >= 4 is 17.4 Å². The monoisotopic (exact) mass is 249 g/mol. The number of amides is 1. The zero-order valence-corrected chi connectivity index (χ0v) is 10.6. The highest BCUT2D eigenvalue weighted by Gasteiger charge is 2.26. The van der Waals surface area contributed by atoms with Crippen LogP contribution < -0.4 is 4.90 Å². The van der Waals surface area contributed by atoms with Crippen LogP contribution in [0.3, 0.4) is 0 Å². The van der Waals surface area contributed by atoms with Gasteiger partial charge >= 0.3 is 0 Å². The van der Waals surface area contributed by atoms with Crippen molar-refractivity contribution in [2.24, 2.45) is 5.92 Å². The molecule has 0 saturated heterocycles. The van der Waals surface area contributed by atoms with Crippen LogP contribution in [0.15, 0.2) is 18.2 Å². The highest BCUT2D eigenvalue weighted by atomic mass is 19.1. The van der Waals surface area contributed by atoms with E-state index in [1.54, 1.807) is 19.9 Å². The highest BCUT2D eigenvalue weighted by molar-refractivity contribution is 6.01. The molecule has 3 nitrogen and oxygen atoms in total. The molecule has 0 atom stereocenters. The Morgan fingerprint density at radius 3 is 2.78 bits per heavy atom. The van der Waals surface area contributed by atoms with Crippen LogP contribution >= 0.6 is 0 Å². The smallest absolute Gasteiger partial charge is 0.227 e. The minimum absolute atomic E-state index is 0.0135. The van der Waals surface area contributed by atoms with Crippen molar-refractivity contribution in [2.75, 3.05) is 11.4 Å². The van der Waals surface area contributed by atoms with Crippen molar-refractivity contribution in [3.05, 3.63) is 29.6 Å². The number of carbonyl (C=O) groups excluding carboxylic acids is 2. The molecule has 0 aromatic heterocycles. The molecule has 1 aliphatic heterocycles. The van der Waals surface area contributed by atoms with E-state index in [4.69, 9.17) is 0 Å². The molecule has 0 fully saturated rings. The Labute approximate surface area is 106 Å². The summed E-state index contributed by atoms with van der Waals surface area (Å²) in [6.07, 6.45) is 0.991. The second kappa shape index (κ2) is 4.88. The molecule has 2 rings (SSSR count). The maximum Gasteiger partial charge on any atom is 0.227 e. The number of benzene rings is 1. The average Bonchev–Trinajstić information content (AvgIpc) is 2.32. The Morgan fingerprint density at radius 2 is 2.11 bits per heavy atom. The van der Waals surface area contributed by atoms with Crippen LogP contribution in [0.25, 0.3) is 0 Å². The lowest BCUT2D eigenvalue weighted by atomic mass is 9.99.